The average Bonchev–Trinajstić information content (AvgIpc) is 2.93. The van der Waals surface area contributed by atoms with E-state index in [9.17, 15) is 13.6 Å². The van der Waals surface area contributed by atoms with Crippen LogP contribution in [0.3, 0.4) is 0 Å². The Balaban J connectivity index is 2.07. The predicted molar refractivity (Wildman–Crippen MR) is 73.3 cm³/mol. The first-order valence-electron chi connectivity index (χ1n) is 6.93. The molecule has 1 atom stereocenters. The van der Waals surface area contributed by atoms with Crippen LogP contribution in [0.25, 0.3) is 0 Å². The van der Waals surface area contributed by atoms with E-state index in [1.165, 1.54) is 10.7 Å². The molecule has 0 bridgehead atoms. The normalized spacial score (nSPS) is 22.9. The van der Waals surface area contributed by atoms with E-state index >= 15 is 0 Å². The molecule has 5 nitrogen and oxygen atoms in total. The fourth-order valence-corrected chi connectivity index (χ4v) is 2.37. The summed E-state index contributed by atoms with van der Waals surface area (Å²) in [5.74, 6) is 0. The van der Waals surface area contributed by atoms with E-state index < -0.39 is 17.6 Å². The van der Waals surface area contributed by atoms with E-state index in [-0.39, 0.29) is 11.8 Å². The molecule has 118 valence electrons. The lowest BCUT2D eigenvalue weighted by Gasteiger charge is -2.27. The third-order valence-corrected chi connectivity index (χ3v) is 3.49. The molecule has 7 heteroatoms. The lowest BCUT2D eigenvalue weighted by atomic mass is 10.0. The average molecular weight is 301 g/mol. The van der Waals surface area contributed by atoms with Gasteiger partial charge in [0.25, 0.3) is 6.43 Å². The summed E-state index contributed by atoms with van der Waals surface area (Å²) in [6.45, 7) is 8.24. The topological polar surface area (TPSA) is 47.4 Å². The number of carbonyl (C=O) groups excluding carboxylic acids is 1. The highest BCUT2D eigenvalue weighted by atomic mass is 19.3. The molecule has 2 heterocycles. The summed E-state index contributed by atoms with van der Waals surface area (Å²) in [5, 5.41) is 3.92. The molecule has 1 aromatic heterocycles. The molecule has 0 saturated carbocycles. The summed E-state index contributed by atoms with van der Waals surface area (Å²) in [5.41, 5.74) is -1.28. The van der Waals surface area contributed by atoms with Crippen LogP contribution >= 0.6 is 0 Å². The number of nitrogens with zero attached hydrogens (tertiary/aromatic N) is 3. The van der Waals surface area contributed by atoms with Gasteiger partial charge >= 0.3 is 6.09 Å². The maximum Gasteiger partial charge on any atom is 0.410 e. The predicted octanol–water partition coefficient (Wildman–Crippen LogP) is 3.18. The molecule has 0 spiro atoms. The van der Waals surface area contributed by atoms with Gasteiger partial charge in [-0.3, -0.25) is 4.68 Å². The molecule has 1 amide bonds. The van der Waals surface area contributed by atoms with Gasteiger partial charge in [0.15, 0.2) is 0 Å². The number of aromatic nitrogens is 2. The summed E-state index contributed by atoms with van der Waals surface area (Å²) in [6.07, 6.45) is -0.776. The Morgan fingerprint density at radius 3 is 2.67 bits per heavy atom. The number of amides is 1. The molecule has 1 saturated heterocycles. The van der Waals surface area contributed by atoms with Crippen LogP contribution in [0, 0.1) is 0 Å². The van der Waals surface area contributed by atoms with E-state index in [0.717, 1.165) is 0 Å². The van der Waals surface area contributed by atoms with E-state index in [0.29, 0.717) is 19.5 Å². The smallest absolute Gasteiger partial charge is 0.410 e. The first-order chi connectivity index (χ1) is 9.61. The maximum atomic E-state index is 12.6. The van der Waals surface area contributed by atoms with Crippen LogP contribution in [0.5, 0.6) is 0 Å². The highest BCUT2D eigenvalue weighted by molar-refractivity contribution is 5.68. The molecule has 1 fully saturated rings. The van der Waals surface area contributed by atoms with Crippen LogP contribution in [0.2, 0.25) is 0 Å². The van der Waals surface area contributed by atoms with Gasteiger partial charge in [-0.15, -0.1) is 0 Å². The first kappa shape index (κ1) is 15.7. The number of rotatable bonds is 2. The van der Waals surface area contributed by atoms with Gasteiger partial charge in [0, 0.05) is 19.3 Å². The molecule has 1 unspecified atom stereocenters. The molecule has 0 aliphatic carbocycles. The Bertz CT molecular complexity index is 525. The molecule has 0 radical (unpaired) electrons. The van der Waals surface area contributed by atoms with Crippen LogP contribution < -0.4 is 0 Å². The maximum absolute atomic E-state index is 12.6. The van der Waals surface area contributed by atoms with Crippen molar-refractivity contribution in [3.63, 3.8) is 0 Å². The Morgan fingerprint density at radius 1 is 1.48 bits per heavy atom. The molecule has 21 heavy (non-hydrogen) atoms. The van der Waals surface area contributed by atoms with Crippen molar-refractivity contribution >= 4 is 6.09 Å². The third kappa shape index (κ3) is 3.51. The number of alkyl halides is 2. The number of halogens is 2. The van der Waals surface area contributed by atoms with Gasteiger partial charge in [0.05, 0.1) is 5.54 Å². The van der Waals surface area contributed by atoms with Gasteiger partial charge in [-0.25, -0.2) is 13.6 Å². The van der Waals surface area contributed by atoms with Gasteiger partial charge in [-0.1, -0.05) is 0 Å². The van der Waals surface area contributed by atoms with Crippen molar-refractivity contribution in [2.45, 2.75) is 51.7 Å². The number of ether oxygens (including phenoxy) is 1. The molecule has 2 rings (SSSR count). The quantitative estimate of drug-likeness (QED) is 0.843. The Kier molecular flexibility index (Phi) is 3.95. The SMILES string of the molecule is CC(C)(C)OC(=O)N1CCC(C)(n2ccc(C(F)F)n2)C1. The van der Waals surface area contributed by atoms with E-state index in [1.54, 1.807) is 11.1 Å². The number of hydrogen-bond acceptors (Lipinski definition) is 3. The van der Waals surface area contributed by atoms with Gasteiger partial charge in [-0.05, 0) is 40.2 Å². The zero-order valence-electron chi connectivity index (χ0n) is 12.8. The number of carbonyl (C=O) groups is 1. The minimum absolute atomic E-state index is 0.244. The molecule has 0 aromatic carbocycles. The minimum Gasteiger partial charge on any atom is -0.444 e. The second-order valence-corrected chi connectivity index (χ2v) is 6.63. The fourth-order valence-electron chi connectivity index (χ4n) is 2.37. The highest BCUT2D eigenvalue weighted by Gasteiger charge is 2.40. The van der Waals surface area contributed by atoms with Gasteiger partial charge in [0.2, 0.25) is 0 Å². The molecule has 1 aliphatic heterocycles. The van der Waals surface area contributed by atoms with Crippen molar-refractivity contribution in [2.75, 3.05) is 13.1 Å². The largest absolute Gasteiger partial charge is 0.444 e. The van der Waals surface area contributed by atoms with E-state index in [4.69, 9.17) is 4.74 Å². The van der Waals surface area contributed by atoms with Crippen LogP contribution in [0.4, 0.5) is 13.6 Å². The molecular formula is C14H21F2N3O2. The van der Waals surface area contributed by atoms with Crippen LogP contribution in [0.1, 0.15) is 46.2 Å². The summed E-state index contributed by atoms with van der Waals surface area (Å²) < 4.78 is 32.1. The van der Waals surface area contributed by atoms with Crippen molar-refractivity contribution in [1.29, 1.82) is 0 Å². The van der Waals surface area contributed by atoms with Gasteiger partial charge in [-0.2, -0.15) is 5.10 Å². The Labute approximate surface area is 122 Å². The van der Waals surface area contributed by atoms with Crippen LogP contribution in [0.15, 0.2) is 12.3 Å². The zero-order chi connectivity index (χ0) is 15.8. The second kappa shape index (κ2) is 5.27. The summed E-state index contributed by atoms with van der Waals surface area (Å²) in [6, 6.07) is 1.31. The van der Waals surface area contributed by atoms with Crippen molar-refractivity contribution in [3.8, 4) is 0 Å². The number of hydrogen-bond donors (Lipinski definition) is 0. The van der Waals surface area contributed by atoms with E-state index in [1.807, 2.05) is 27.7 Å². The molecule has 1 aromatic rings. The van der Waals surface area contributed by atoms with E-state index in [2.05, 4.69) is 5.10 Å². The summed E-state index contributed by atoms with van der Waals surface area (Å²) >= 11 is 0. The minimum atomic E-state index is -2.58. The van der Waals surface area contributed by atoms with Crippen LogP contribution in [-0.4, -0.2) is 39.5 Å². The van der Waals surface area contributed by atoms with Gasteiger partial charge < -0.3 is 9.64 Å². The summed E-state index contributed by atoms with van der Waals surface area (Å²) in [7, 11) is 0. The standard InChI is InChI=1S/C14H21F2N3O2/c1-13(2,3)21-12(20)18-8-6-14(4,9-18)19-7-5-10(17-19)11(15)16/h5,7,11H,6,8-9H2,1-4H3. The third-order valence-electron chi connectivity index (χ3n) is 3.49. The number of likely N-dealkylation sites (tertiary alicyclic amines) is 1. The lowest BCUT2D eigenvalue weighted by Crippen LogP contribution is -2.39. The molecule has 1 aliphatic rings. The highest BCUT2D eigenvalue weighted by Crippen LogP contribution is 2.30. The second-order valence-electron chi connectivity index (χ2n) is 6.63. The van der Waals surface area contributed by atoms with Crippen molar-refractivity contribution in [2.24, 2.45) is 0 Å². The van der Waals surface area contributed by atoms with Crippen molar-refractivity contribution in [3.05, 3.63) is 18.0 Å². The molecular weight excluding hydrogens is 280 g/mol. The monoisotopic (exact) mass is 301 g/mol. The van der Waals surface area contributed by atoms with Crippen LogP contribution in [-0.2, 0) is 10.3 Å². The lowest BCUT2D eigenvalue weighted by molar-refractivity contribution is 0.0275. The molecule has 0 N–H and O–H groups in total. The zero-order valence-corrected chi connectivity index (χ0v) is 12.8. The Morgan fingerprint density at radius 2 is 2.14 bits per heavy atom. The first-order valence-corrected chi connectivity index (χ1v) is 6.93. The Hall–Kier alpha value is -1.66. The van der Waals surface area contributed by atoms with Crippen molar-refractivity contribution in [1.82, 2.24) is 14.7 Å². The van der Waals surface area contributed by atoms with Gasteiger partial charge in [0.1, 0.15) is 11.3 Å². The van der Waals surface area contributed by atoms with Crippen molar-refractivity contribution < 1.29 is 18.3 Å². The summed E-state index contributed by atoms with van der Waals surface area (Å²) in [4.78, 5) is 13.6. The fraction of sp³-hybridized carbons (Fsp3) is 0.714.